The van der Waals surface area contributed by atoms with Gasteiger partial charge in [0.15, 0.2) is 0 Å². The molecule has 1 amide bonds. The van der Waals surface area contributed by atoms with Crippen LogP contribution in [0.15, 0.2) is 48.6 Å². The van der Waals surface area contributed by atoms with Crippen molar-refractivity contribution in [2.24, 2.45) is 0 Å². The maximum atomic E-state index is 12.5. The third kappa shape index (κ3) is 53.0. The number of ether oxygens (including phenoxy) is 1. The SMILES string of the molecule is CCCCC/C=C\C/C=C\CCCCCCCCCC(=O)OCCCCCCCC/C=C\C/C=C\CCC(=O)NC(CO)C(O)CCCCCCCCCCCCCCCCCCCCCC. The van der Waals surface area contributed by atoms with Crippen molar-refractivity contribution < 1.29 is 24.5 Å². The fourth-order valence-corrected chi connectivity index (χ4v) is 8.84. The van der Waals surface area contributed by atoms with E-state index in [1.165, 1.54) is 205 Å². The van der Waals surface area contributed by atoms with E-state index in [9.17, 15) is 19.8 Å². The Morgan fingerprint density at radius 3 is 1.19 bits per heavy atom. The predicted molar refractivity (Wildman–Crippen MR) is 292 cm³/mol. The molecule has 2 atom stereocenters. The van der Waals surface area contributed by atoms with Crippen molar-refractivity contribution in [3.63, 3.8) is 0 Å². The van der Waals surface area contributed by atoms with Gasteiger partial charge in [0, 0.05) is 12.8 Å². The highest BCUT2D eigenvalue weighted by molar-refractivity contribution is 5.76. The second-order valence-electron chi connectivity index (χ2n) is 20.0. The van der Waals surface area contributed by atoms with Crippen molar-refractivity contribution in [3.8, 4) is 0 Å². The normalized spacial score (nSPS) is 13.0. The van der Waals surface area contributed by atoms with Gasteiger partial charge in [0.2, 0.25) is 5.91 Å². The molecule has 67 heavy (non-hydrogen) atoms. The number of amides is 1. The molecule has 0 aromatic carbocycles. The lowest BCUT2D eigenvalue weighted by molar-refractivity contribution is -0.143. The molecule has 392 valence electrons. The van der Waals surface area contributed by atoms with Crippen molar-refractivity contribution in [1.82, 2.24) is 5.32 Å². The van der Waals surface area contributed by atoms with E-state index in [0.717, 1.165) is 57.8 Å². The fraction of sp³-hybridized carbons (Fsp3) is 0.836. The first-order valence-corrected chi connectivity index (χ1v) is 29.4. The summed E-state index contributed by atoms with van der Waals surface area (Å²) in [4.78, 5) is 24.5. The molecule has 3 N–H and O–H groups in total. The van der Waals surface area contributed by atoms with Crippen molar-refractivity contribution in [1.29, 1.82) is 0 Å². The topological polar surface area (TPSA) is 95.9 Å². The summed E-state index contributed by atoms with van der Waals surface area (Å²) in [5, 5.41) is 23.3. The summed E-state index contributed by atoms with van der Waals surface area (Å²) in [6.45, 7) is 4.87. The second-order valence-corrected chi connectivity index (χ2v) is 20.0. The number of aliphatic hydroxyl groups is 2. The molecule has 0 radical (unpaired) electrons. The van der Waals surface area contributed by atoms with E-state index in [1.54, 1.807) is 0 Å². The van der Waals surface area contributed by atoms with Gasteiger partial charge in [-0.15, -0.1) is 0 Å². The van der Waals surface area contributed by atoms with Gasteiger partial charge >= 0.3 is 5.97 Å². The van der Waals surface area contributed by atoms with Crippen LogP contribution in [0.4, 0.5) is 0 Å². The van der Waals surface area contributed by atoms with Gasteiger partial charge in [0.05, 0.1) is 25.4 Å². The van der Waals surface area contributed by atoms with Crippen LogP contribution in [0.3, 0.4) is 0 Å². The van der Waals surface area contributed by atoms with Crippen LogP contribution in [0.2, 0.25) is 0 Å². The van der Waals surface area contributed by atoms with Gasteiger partial charge in [-0.2, -0.15) is 0 Å². The maximum Gasteiger partial charge on any atom is 0.305 e. The van der Waals surface area contributed by atoms with Crippen molar-refractivity contribution >= 4 is 11.9 Å². The maximum absolute atomic E-state index is 12.5. The molecule has 6 heteroatoms. The summed E-state index contributed by atoms with van der Waals surface area (Å²) in [6.07, 6.45) is 71.1. The average molecular weight is 941 g/mol. The number of aliphatic hydroxyl groups excluding tert-OH is 2. The van der Waals surface area contributed by atoms with Crippen molar-refractivity contribution in [2.75, 3.05) is 13.2 Å². The lowest BCUT2D eigenvalue weighted by Crippen LogP contribution is -2.45. The molecule has 0 aliphatic carbocycles. The van der Waals surface area contributed by atoms with Gasteiger partial charge in [-0.05, 0) is 77.0 Å². The first kappa shape index (κ1) is 64.8. The van der Waals surface area contributed by atoms with Crippen LogP contribution < -0.4 is 5.32 Å². The molecule has 0 saturated carbocycles. The highest BCUT2D eigenvalue weighted by Gasteiger charge is 2.19. The molecule has 0 aliphatic heterocycles. The number of esters is 1. The monoisotopic (exact) mass is 940 g/mol. The van der Waals surface area contributed by atoms with E-state index < -0.39 is 12.1 Å². The fourth-order valence-electron chi connectivity index (χ4n) is 8.84. The van der Waals surface area contributed by atoms with E-state index in [-0.39, 0.29) is 18.5 Å². The predicted octanol–water partition coefficient (Wildman–Crippen LogP) is 18.2. The zero-order chi connectivity index (χ0) is 48.6. The number of allylic oxidation sites excluding steroid dienone is 8. The zero-order valence-electron chi connectivity index (χ0n) is 44.6. The first-order valence-electron chi connectivity index (χ1n) is 29.4. The molecule has 6 nitrogen and oxygen atoms in total. The van der Waals surface area contributed by atoms with E-state index >= 15 is 0 Å². The lowest BCUT2D eigenvalue weighted by atomic mass is 10.0. The molecule has 0 spiro atoms. The van der Waals surface area contributed by atoms with Crippen LogP contribution in [0, 0.1) is 0 Å². The number of carbonyl (C=O) groups excluding carboxylic acids is 2. The highest BCUT2D eigenvalue weighted by Crippen LogP contribution is 2.17. The molecular weight excluding hydrogens is 827 g/mol. The van der Waals surface area contributed by atoms with Crippen LogP contribution in [0.1, 0.15) is 303 Å². The van der Waals surface area contributed by atoms with Crippen LogP contribution in [-0.2, 0) is 14.3 Å². The summed E-state index contributed by atoms with van der Waals surface area (Å²) in [5.41, 5.74) is 0. The van der Waals surface area contributed by atoms with Crippen LogP contribution >= 0.6 is 0 Å². The van der Waals surface area contributed by atoms with Gasteiger partial charge in [-0.1, -0.05) is 262 Å². The molecule has 0 saturated heterocycles. The van der Waals surface area contributed by atoms with Gasteiger partial charge in [-0.25, -0.2) is 0 Å². The van der Waals surface area contributed by atoms with Gasteiger partial charge in [-0.3, -0.25) is 9.59 Å². The van der Waals surface area contributed by atoms with E-state index in [2.05, 4.69) is 61.7 Å². The Balaban J connectivity index is 3.54. The Labute approximate surface area is 416 Å². The molecule has 0 aromatic rings. The van der Waals surface area contributed by atoms with E-state index in [0.29, 0.717) is 32.3 Å². The molecular formula is C61H113NO5. The lowest BCUT2D eigenvalue weighted by Gasteiger charge is -2.22. The summed E-state index contributed by atoms with van der Waals surface area (Å²) in [6, 6.07) is -0.588. The van der Waals surface area contributed by atoms with Crippen LogP contribution in [0.25, 0.3) is 0 Å². The summed E-state index contributed by atoms with van der Waals surface area (Å²) >= 11 is 0. The smallest absolute Gasteiger partial charge is 0.305 e. The molecule has 0 fully saturated rings. The van der Waals surface area contributed by atoms with E-state index in [1.807, 2.05) is 6.08 Å². The Kier molecular flexibility index (Phi) is 54.6. The van der Waals surface area contributed by atoms with Gasteiger partial charge < -0.3 is 20.3 Å². The molecule has 0 heterocycles. The Bertz CT molecular complexity index is 1130. The third-order valence-electron chi connectivity index (χ3n) is 13.4. The zero-order valence-corrected chi connectivity index (χ0v) is 44.6. The van der Waals surface area contributed by atoms with Crippen molar-refractivity contribution in [3.05, 3.63) is 48.6 Å². The third-order valence-corrected chi connectivity index (χ3v) is 13.4. The minimum atomic E-state index is -0.701. The number of rotatable bonds is 54. The minimum absolute atomic E-state index is 0.0247. The number of unbranched alkanes of at least 4 members (excludes halogenated alkanes) is 35. The molecule has 0 rings (SSSR count). The quantitative estimate of drug-likeness (QED) is 0.0321. The van der Waals surface area contributed by atoms with Crippen LogP contribution in [0.5, 0.6) is 0 Å². The minimum Gasteiger partial charge on any atom is -0.466 e. The molecule has 0 aliphatic rings. The number of carbonyl (C=O) groups is 2. The van der Waals surface area contributed by atoms with Crippen molar-refractivity contribution in [2.45, 2.75) is 315 Å². The number of nitrogens with one attached hydrogen (secondary N) is 1. The molecule has 0 bridgehead atoms. The van der Waals surface area contributed by atoms with Gasteiger partial charge in [0.1, 0.15) is 0 Å². The summed E-state index contributed by atoms with van der Waals surface area (Å²) in [5.74, 6) is -0.139. The Morgan fingerprint density at radius 2 is 0.761 bits per heavy atom. The molecule has 2 unspecified atom stereocenters. The number of hydrogen-bond donors (Lipinski definition) is 3. The molecule has 0 aromatic heterocycles. The summed E-state index contributed by atoms with van der Waals surface area (Å²) < 4.78 is 5.46. The Morgan fingerprint density at radius 1 is 0.418 bits per heavy atom. The first-order chi connectivity index (χ1) is 33.0. The summed E-state index contributed by atoms with van der Waals surface area (Å²) in [7, 11) is 0. The highest BCUT2D eigenvalue weighted by atomic mass is 16.5. The Hall–Kier alpha value is -2.18. The largest absolute Gasteiger partial charge is 0.466 e. The number of hydrogen-bond acceptors (Lipinski definition) is 5. The van der Waals surface area contributed by atoms with Gasteiger partial charge in [0.25, 0.3) is 0 Å². The second kappa shape index (κ2) is 56.4. The standard InChI is InChI=1S/C61H113NO5/c1-3-5-7-9-11-13-15-17-19-21-22-23-25-26-29-33-37-41-45-49-53-59(64)58(57-63)62-60(65)54-50-46-42-38-34-30-28-32-36-40-44-48-52-56-67-61(66)55-51-47-43-39-35-31-27-24-20-18-16-14-12-10-8-6-4-2/h12,14,18,20,30,34,42,46,58-59,63-64H,3-11,13,15-17,19,21-29,31-33,35-41,43-45,47-57H2,1-2H3,(H,62,65)/b14-12-,20-18-,34-30-,46-42-. The van der Waals surface area contributed by atoms with Crippen LogP contribution in [-0.4, -0.2) is 47.4 Å². The van der Waals surface area contributed by atoms with E-state index in [4.69, 9.17) is 4.74 Å². The average Bonchev–Trinajstić information content (AvgIpc) is 3.33.